The molecule has 0 atom stereocenters. The van der Waals surface area contributed by atoms with Gasteiger partial charge in [0.1, 0.15) is 9.79 Å². The summed E-state index contributed by atoms with van der Waals surface area (Å²) in [4.78, 5) is 18.4. The zero-order valence-corrected chi connectivity index (χ0v) is 26.3. The highest BCUT2D eigenvalue weighted by Gasteiger charge is 2.32. The van der Waals surface area contributed by atoms with Crippen LogP contribution in [0.3, 0.4) is 0 Å². The number of nitrogens with zero attached hydrogens (tertiary/aromatic N) is 4. The maximum Gasteiger partial charge on any atom is 0.426 e. The van der Waals surface area contributed by atoms with Crippen LogP contribution < -0.4 is 8.37 Å². The Hall–Kier alpha value is -6.75. The van der Waals surface area contributed by atoms with Gasteiger partial charge in [0.15, 0.2) is 27.2 Å². The van der Waals surface area contributed by atoms with Crippen LogP contribution >= 0.6 is 0 Å². The first-order valence-electron chi connectivity index (χ1n) is 13.9. The Morgan fingerprint density at radius 3 is 1.57 bits per heavy atom. The average molecular weight is 697 g/mol. The fourth-order valence-corrected chi connectivity index (χ4v) is 7.47. The summed E-state index contributed by atoms with van der Waals surface area (Å²) in [7, 11) is -9.82. The lowest BCUT2D eigenvalue weighted by Crippen LogP contribution is -2.15. The molecule has 0 spiro atoms. The van der Waals surface area contributed by atoms with Crippen molar-refractivity contribution in [2.45, 2.75) is 9.79 Å². The second-order valence-corrected chi connectivity index (χ2v) is 13.4. The summed E-state index contributed by atoms with van der Waals surface area (Å²) in [5.74, 6) is -4.80. The van der Waals surface area contributed by atoms with E-state index in [4.69, 9.17) is 19.2 Å². The van der Waals surface area contributed by atoms with Crippen molar-refractivity contribution in [3.05, 3.63) is 124 Å². The molecule has 49 heavy (non-hydrogen) atoms. The summed E-state index contributed by atoms with van der Waals surface area (Å²) in [6.07, 6.45) is 0. The van der Waals surface area contributed by atoms with Crippen molar-refractivity contribution < 1.29 is 45.3 Å². The van der Waals surface area contributed by atoms with Gasteiger partial charge in [0.2, 0.25) is 28.0 Å². The van der Waals surface area contributed by atoms with Gasteiger partial charge in [-0.3, -0.25) is 4.79 Å². The lowest BCUT2D eigenvalue weighted by Gasteiger charge is -2.16. The van der Waals surface area contributed by atoms with Crippen molar-refractivity contribution in [2.24, 2.45) is 0 Å². The summed E-state index contributed by atoms with van der Waals surface area (Å²) in [5.41, 5.74) is -0.873. The van der Waals surface area contributed by atoms with Gasteiger partial charge >= 0.3 is 31.6 Å². The molecule has 0 saturated carbocycles. The van der Waals surface area contributed by atoms with Gasteiger partial charge in [-0.1, -0.05) is 54.6 Å². The van der Waals surface area contributed by atoms with E-state index in [0.29, 0.717) is 0 Å². The number of benzene rings is 6. The first-order chi connectivity index (χ1) is 23.4. The monoisotopic (exact) mass is 696 g/mol. The maximum atomic E-state index is 13.8. The molecule has 0 radical (unpaired) electrons. The van der Waals surface area contributed by atoms with E-state index in [9.17, 15) is 36.9 Å². The largest absolute Gasteiger partial charge is 0.502 e. The Kier molecular flexibility index (Phi) is 7.97. The van der Waals surface area contributed by atoms with Crippen LogP contribution in [-0.4, -0.2) is 37.9 Å². The molecule has 16 heteroatoms. The summed E-state index contributed by atoms with van der Waals surface area (Å²) < 4.78 is 65.3. The number of ketones is 1. The predicted molar refractivity (Wildman–Crippen MR) is 174 cm³/mol. The minimum absolute atomic E-state index is 0.0102. The fraction of sp³-hybridized carbons (Fsp3) is 0. The third-order valence-electron chi connectivity index (χ3n) is 7.47. The van der Waals surface area contributed by atoms with Crippen LogP contribution in [0.4, 0.5) is 11.4 Å². The second kappa shape index (κ2) is 12.1. The summed E-state index contributed by atoms with van der Waals surface area (Å²) in [6, 6.07) is 21.8. The van der Waals surface area contributed by atoms with Crippen LogP contribution in [0.15, 0.2) is 113 Å². The molecule has 0 aromatic heterocycles. The normalized spacial score (nSPS) is 11.5. The number of diazo groups is 2. The highest BCUT2D eigenvalue weighted by Crippen LogP contribution is 2.45. The Balaban J connectivity index is 1.49. The molecule has 6 rings (SSSR count). The van der Waals surface area contributed by atoms with Crippen LogP contribution in [0.2, 0.25) is 0 Å². The van der Waals surface area contributed by atoms with Crippen molar-refractivity contribution >= 4 is 58.9 Å². The van der Waals surface area contributed by atoms with Gasteiger partial charge in [0.05, 0.1) is 5.56 Å². The molecule has 0 amide bonds. The van der Waals surface area contributed by atoms with E-state index in [-0.39, 0.29) is 38.5 Å². The lowest BCUT2D eigenvalue weighted by atomic mass is 10.0. The number of carbonyl (C=O) groups is 1. The Morgan fingerprint density at radius 2 is 1.06 bits per heavy atom. The molecule has 0 fully saturated rings. The molecule has 3 N–H and O–H groups in total. The Bertz CT molecular complexity index is 2670. The van der Waals surface area contributed by atoms with Crippen LogP contribution in [0.5, 0.6) is 28.7 Å². The molecule has 6 aromatic rings. The van der Waals surface area contributed by atoms with Gasteiger partial charge in [-0.2, -0.15) is 16.8 Å². The third kappa shape index (κ3) is 5.63. The number of phenols is 3. The van der Waals surface area contributed by atoms with Gasteiger partial charge in [0, 0.05) is 39.2 Å². The topological polar surface area (TPSA) is 221 Å². The molecular formula is C33H20N4O10S2+2. The van der Waals surface area contributed by atoms with Crippen molar-refractivity contribution in [2.75, 3.05) is 0 Å². The molecule has 0 heterocycles. The molecule has 0 saturated heterocycles. The highest BCUT2D eigenvalue weighted by atomic mass is 32.2. The van der Waals surface area contributed by atoms with Crippen LogP contribution in [-0.2, 0) is 20.2 Å². The van der Waals surface area contributed by atoms with E-state index < -0.39 is 70.1 Å². The number of hydrogen-bond donors (Lipinski definition) is 3. The van der Waals surface area contributed by atoms with E-state index in [1.165, 1.54) is 48.5 Å². The van der Waals surface area contributed by atoms with Crippen LogP contribution in [0, 0.1) is 10.8 Å². The van der Waals surface area contributed by atoms with Crippen LogP contribution in [0.25, 0.3) is 31.5 Å². The minimum Gasteiger partial charge on any atom is -0.502 e. The molecule has 242 valence electrons. The van der Waals surface area contributed by atoms with Gasteiger partial charge < -0.3 is 23.7 Å². The van der Waals surface area contributed by atoms with Gasteiger partial charge in [-0.25, -0.2) is 0 Å². The second-order valence-electron chi connectivity index (χ2n) is 10.3. The molecule has 0 aliphatic carbocycles. The highest BCUT2D eigenvalue weighted by molar-refractivity contribution is 7.87. The van der Waals surface area contributed by atoms with E-state index >= 15 is 0 Å². The number of aromatic hydroxyl groups is 3. The fourth-order valence-electron chi connectivity index (χ4n) is 5.15. The number of carbonyl (C=O) groups excluding carboxylic acids is 1. The molecule has 0 unspecified atom stereocenters. The molecule has 0 aliphatic heterocycles. The predicted octanol–water partition coefficient (Wildman–Crippen LogP) is 6.85. The van der Waals surface area contributed by atoms with Gasteiger partial charge in [0.25, 0.3) is 0 Å². The number of rotatable bonds is 8. The van der Waals surface area contributed by atoms with E-state index in [1.54, 1.807) is 18.2 Å². The Morgan fingerprint density at radius 1 is 0.551 bits per heavy atom. The maximum absolute atomic E-state index is 13.8. The van der Waals surface area contributed by atoms with E-state index in [1.807, 2.05) is 0 Å². The smallest absolute Gasteiger partial charge is 0.426 e. The first-order valence-corrected chi connectivity index (χ1v) is 16.7. The molecule has 0 bridgehead atoms. The first kappa shape index (κ1) is 32.2. The molecule has 0 aliphatic rings. The quantitative estimate of drug-likeness (QED) is 0.0845. The van der Waals surface area contributed by atoms with Crippen molar-refractivity contribution in [3.8, 4) is 28.7 Å². The zero-order valence-electron chi connectivity index (χ0n) is 24.6. The third-order valence-corrected chi connectivity index (χ3v) is 10.0. The van der Waals surface area contributed by atoms with E-state index in [2.05, 4.69) is 9.95 Å². The summed E-state index contributed by atoms with van der Waals surface area (Å²) >= 11 is 0. The van der Waals surface area contributed by atoms with Crippen molar-refractivity contribution in [1.29, 1.82) is 10.8 Å². The zero-order chi connectivity index (χ0) is 35.1. The van der Waals surface area contributed by atoms with Crippen LogP contribution in [0.1, 0.15) is 15.9 Å². The minimum atomic E-state index is -4.97. The van der Waals surface area contributed by atoms with Gasteiger partial charge in [-0.15, -0.1) is 0 Å². The van der Waals surface area contributed by atoms with Crippen molar-refractivity contribution in [3.63, 3.8) is 0 Å². The number of fused-ring (bicyclic) bond motifs is 2. The Labute approximate surface area is 277 Å². The standard InChI is InChI=1S/C33H18N4O10S2/c34-36-24-15-12-19-21(30(24)39)8-4-10-27(19)48(42,43)46-26-17-14-23(29(38)18-6-2-1-3-7-18)33(32(26)41)47-49(44,45)28-11-5-9-22-20(28)13-16-25(37-35)31(22)40/h1-17H,(H-2,39,40,41)/p+2. The molecular weight excluding hydrogens is 677 g/mol. The molecule has 6 aromatic carbocycles. The number of phenolic OH excluding ortho intramolecular Hbond substituents is 3. The summed E-state index contributed by atoms with van der Waals surface area (Å²) in [6.45, 7) is 0. The average Bonchev–Trinajstić information content (AvgIpc) is 3.10. The van der Waals surface area contributed by atoms with E-state index in [0.717, 1.165) is 36.4 Å². The lowest BCUT2D eigenvalue weighted by molar-refractivity contribution is 0.103. The van der Waals surface area contributed by atoms with Gasteiger partial charge in [-0.05, 0) is 36.4 Å². The number of hydrogen-bond acceptors (Lipinski definition) is 12. The van der Waals surface area contributed by atoms with Crippen molar-refractivity contribution in [1.82, 2.24) is 0 Å². The molecule has 14 nitrogen and oxygen atoms in total. The summed E-state index contributed by atoms with van der Waals surface area (Å²) in [5, 5.41) is 50.4. The SMILES string of the molecule is N#[N+]c1ccc2c(S(=O)(=O)Oc3ccc(C(=O)c4ccccc4)c(OS(=O)(=O)c4cccc5c(O)c([N+]#N)ccc45)c3O)cccc2c1O.